The molecule has 1 aliphatic rings. The van der Waals surface area contributed by atoms with Crippen molar-refractivity contribution in [2.45, 2.75) is 43.8 Å². The molecule has 1 aromatic carbocycles. The van der Waals surface area contributed by atoms with Crippen LogP contribution in [-0.4, -0.2) is 29.0 Å². The maximum absolute atomic E-state index is 13.3. The van der Waals surface area contributed by atoms with Gasteiger partial charge in [-0.05, 0) is 55.5 Å². The fourth-order valence-electron chi connectivity index (χ4n) is 3.76. The van der Waals surface area contributed by atoms with Crippen LogP contribution in [0.2, 0.25) is 0 Å². The summed E-state index contributed by atoms with van der Waals surface area (Å²) in [6.07, 6.45) is 7.40. The van der Waals surface area contributed by atoms with Gasteiger partial charge in [-0.15, -0.1) is 17.9 Å². The third-order valence-electron chi connectivity index (χ3n) is 5.24. The summed E-state index contributed by atoms with van der Waals surface area (Å²) < 4.78 is 12.7. The summed E-state index contributed by atoms with van der Waals surface area (Å²) in [6.45, 7) is 4.82. The number of thioether (sulfide) groups is 1. The quantitative estimate of drug-likeness (QED) is 0.160. The first kappa shape index (κ1) is 21.0. The Hall–Kier alpha value is -2.25. The second-order valence-corrected chi connectivity index (χ2v) is 9.36. The van der Waals surface area contributed by atoms with Crippen LogP contribution < -0.4 is 15.0 Å². The van der Waals surface area contributed by atoms with Crippen LogP contribution in [0.3, 0.4) is 0 Å². The number of allylic oxidation sites excluding steroid dienone is 1. The predicted molar refractivity (Wildman–Crippen MR) is 125 cm³/mol. The van der Waals surface area contributed by atoms with E-state index < -0.39 is 0 Å². The Bertz CT molecular complexity index is 1090. The van der Waals surface area contributed by atoms with Gasteiger partial charge in [0.05, 0.1) is 19.1 Å². The molecule has 158 valence electrons. The van der Waals surface area contributed by atoms with Crippen molar-refractivity contribution >= 4 is 33.3 Å². The van der Waals surface area contributed by atoms with Crippen LogP contribution in [0.25, 0.3) is 10.2 Å². The molecule has 0 spiro atoms. The van der Waals surface area contributed by atoms with E-state index in [1.807, 2.05) is 24.3 Å². The fourth-order valence-corrected chi connectivity index (χ4v) is 5.89. The number of benzene rings is 1. The predicted octanol–water partition coefficient (Wildman–Crippen LogP) is 5.09. The van der Waals surface area contributed by atoms with E-state index in [9.17, 15) is 4.79 Å². The number of hydrogen-bond donors (Lipinski definition) is 0. The molecule has 0 saturated carbocycles. The first-order valence-corrected chi connectivity index (χ1v) is 12.1. The Kier molecular flexibility index (Phi) is 6.79. The van der Waals surface area contributed by atoms with Gasteiger partial charge in [0.15, 0.2) is 5.16 Å². The highest BCUT2D eigenvalue weighted by molar-refractivity contribution is 7.99. The van der Waals surface area contributed by atoms with Crippen molar-refractivity contribution in [1.82, 2.24) is 9.55 Å². The second kappa shape index (κ2) is 9.71. The van der Waals surface area contributed by atoms with E-state index in [2.05, 4.69) is 6.58 Å². The van der Waals surface area contributed by atoms with Gasteiger partial charge in [-0.1, -0.05) is 24.3 Å². The molecule has 2 aromatic heterocycles. The lowest BCUT2D eigenvalue weighted by atomic mass is 10.1. The topological polar surface area (TPSA) is 53.4 Å². The summed E-state index contributed by atoms with van der Waals surface area (Å²) in [7, 11) is 1.64. The highest BCUT2D eigenvalue weighted by Gasteiger charge is 2.21. The first-order valence-electron chi connectivity index (χ1n) is 10.3. The lowest BCUT2D eigenvalue weighted by Crippen LogP contribution is -2.23. The van der Waals surface area contributed by atoms with E-state index in [1.165, 1.54) is 23.3 Å². The summed E-state index contributed by atoms with van der Waals surface area (Å²) in [5, 5.41) is 1.57. The Morgan fingerprint density at radius 3 is 2.73 bits per heavy atom. The largest absolute Gasteiger partial charge is 0.497 e. The fraction of sp³-hybridized carbons (Fsp3) is 0.391. The average Bonchev–Trinajstić information content (AvgIpc) is 2.95. The lowest BCUT2D eigenvalue weighted by molar-refractivity contribution is 0.342. The zero-order valence-electron chi connectivity index (χ0n) is 17.2. The molecule has 0 radical (unpaired) electrons. The molecule has 0 amide bonds. The minimum atomic E-state index is 0.0675. The number of aromatic nitrogens is 2. The minimum absolute atomic E-state index is 0.0675. The van der Waals surface area contributed by atoms with E-state index in [0.717, 1.165) is 46.1 Å². The van der Waals surface area contributed by atoms with Crippen molar-refractivity contribution in [3.63, 3.8) is 0 Å². The molecule has 0 fully saturated rings. The highest BCUT2D eigenvalue weighted by Crippen LogP contribution is 2.34. The van der Waals surface area contributed by atoms with Crippen molar-refractivity contribution in [2.75, 3.05) is 19.5 Å². The van der Waals surface area contributed by atoms with Gasteiger partial charge in [-0.25, -0.2) is 4.98 Å². The molecule has 3 aromatic rings. The number of nitrogens with zero attached hydrogens (tertiary/aromatic N) is 2. The van der Waals surface area contributed by atoms with Gasteiger partial charge in [-0.3, -0.25) is 9.36 Å². The molecule has 7 heteroatoms. The second-order valence-electron chi connectivity index (χ2n) is 7.22. The SMILES string of the molecule is C=CCn1c(SCCOc2ccc(OC)cc2)nc2sc3c(c2c1=O)CCCCC3. The molecule has 0 aliphatic heterocycles. The maximum Gasteiger partial charge on any atom is 0.263 e. The normalized spacial score (nSPS) is 13.6. The van der Waals surface area contributed by atoms with Crippen LogP contribution in [0.4, 0.5) is 0 Å². The van der Waals surface area contributed by atoms with Gasteiger partial charge >= 0.3 is 0 Å². The molecule has 0 N–H and O–H groups in total. The number of thiophene rings is 1. The third-order valence-corrected chi connectivity index (χ3v) is 7.37. The van der Waals surface area contributed by atoms with Crippen LogP contribution in [0, 0.1) is 0 Å². The number of aryl methyl sites for hydroxylation is 2. The van der Waals surface area contributed by atoms with Gasteiger partial charge in [0, 0.05) is 17.2 Å². The monoisotopic (exact) mass is 442 g/mol. The molecule has 0 unspecified atom stereocenters. The van der Waals surface area contributed by atoms with Gasteiger partial charge in [0.1, 0.15) is 16.3 Å². The molecular weight excluding hydrogens is 416 g/mol. The van der Waals surface area contributed by atoms with Gasteiger partial charge in [0.25, 0.3) is 5.56 Å². The first-order chi connectivity index (χ1) is 14.7. The van der Waals surface area contributed by atoms with Gasteiger partial charge < -0.3 is 9.47 Å². The molecule has 0 bridgehead atoms. The highest BCUT2D eigenvalue weighted by atomic mass is 32.2. The zero-order chi connectivity index (χ0) is 20.9. The molecule has 4 rings (SSSR count). The van der Waals surface area contributed by atoms with Crippen molar-refractivity contribution < 1.29 is 9.47 Å². The summed E-state index contributed by atoms with van der Waals surface area (Å²) in [4.78, 5) is 20.4. The Labute approximate surface area is 184 Å². The van der Waals surface area contributed by atoms with E-state index in [0.29, 0.717) is 18.9 Å². The number of hydrogen-bond acceptors (Lipinski definition) is 6. The van der Waals surface area contributed by atoms with Crippen molar-refractivity contribution in [2.24, 2.45) is 0 Å². The van der Waals surface area contributed by atoms with Crippen molar-refractivity contribution in [3.8, 4) is 11.5 Å². The standard InChI is InChI=1S/C23H26N2O3S2/c1-3-13-25-22(26)20-18-7-5-4-6-8-19(18)30-21(20)24-23(25)29-15-14-28-17-11-9-16(27-2)10-12-17/h3,9-12H,1,4-8,13-15H2,2H3. The molecule has 30 heavy (non-hydrogen) atoms. The molecule has 0 atom stereocenters. The minimum Gasteiger partial charge on any atom is -0.497 e. The molecule has 2 heterocycles. The lowest BCUT2D eigenvalue weighted by Gasteiger charge is -2.11. The van der Waals surface area contributed by atoms with Crippen LogP contribution in [-0.2, 0) is 19.4 Å². The van der Waals surface area contributed by atoms with Crippen LogP contribution in [0.1, 0.15) is 29.7 Å². The van der Waals surface area contributed by atoms with Gasteiger partial charge in [-0.2, -0.15) is 0 Å². The average molecular weight is 443 g/mol. The van der Waals surface area contributed by atoms with Gasteiger partial charge in [0.2, 0.25) is 0 Å². The number of rotatable bonds is 8. The van der Waals surface area contributed by atoms with Crippen LogP contribution in [0.5, 0.6) is 11.5 Å². The summed E-state index contributed by atoms with van der Waals surface area (Å²) >= 11 is 3.26. The van der Waals surface area contributed by atoms with E-state index >= 15 is 0 Å². The number of fused-ring (bicyclic) bond motifs is 3. The third kappa shape index (κ3) is 4.42. The molecule has 5 nitrogen and oxygen atoms in total. The maximum atomic E-state index is 13.3. The molecule has 0 saturated heterocycles. The van der Waals surface area contributed by atoms with Crippen molar-refractivity contribution in [3.05, 3.63) is 57.7 Å². The Balaban J connectivity index is 1.53. The summed E-state index contributed by atoms with van der Waals surface area (Å²) in [5.74, 6) is 2.30. The van der Waals surface area contributed by atoms with E-state index in [1.54, 1.807) is 40.9 Å². The van der Waals surface area contributed by atoms with E-state index in [-0.39, 0.29) is 5.56 Å². The number of ether oxygens (including phenoxy) is 2. The van der Waals surface area contributed by atoms with Crippen LogP contribution in [0.15, 0.2) is 46.9 Å². The Morgan fingerprint density at radius 1 is 1.20 bits per heavy atom. The zero-order valence-corrected chi connectivity index (χ0v) is 18.8. The van der Waals surface area contributed by atoms with E-state index in [4.69, 9.17) is 14.5 Å². The molecular formula is C23H26N2O3S2. The summed E-state index contributed by atoms with van der Waals surface area (Å²) in [5.41, 5.74) is 1.31. The van der Waals surface area contributed by atoms with Crippen molar-refractivity contribution in [1.29, 1.82) is 0 Å². The molecule has 1 aliphatic carbocycles. The smallest absolute Gasteiger partial charge is 0.263 e. The van der Waals surface area contributed by atoms with Crippen LogP contribution >= 0.6 is 23.1 Å². The summed E-state index contributed by atoms with van der Waals surface area (Å²) in [6, 6.07) is 7.53. The Morgan fingerprint density at radius 2 is 1.97 bits per heavy atom. The number of methoxy groups -OCH3 is 1.